The summed E-state index contributed by atoms with van der Waals surface area (Å²) in [4.78, 5) is 11.5. The average Bonchev–Trinajstić information content (AvgIpc) is 2.25. The van der Waals surface area contributed by atoms with Crippen LogP contribution in [0.25, 0.3) is 0 Å². The van der Waals surface area contributed by atoms with Crippen molar-refractivity contribution in [3.05, 3.63) is 12.2 Å². The van der Waals surface area contributed by atoms with E-state index in [0.717, 1.165) is 43.8 Å². The van der Waals surface area contributed by atoms with E-state index in [9.17, 15) is 4.79 Å². The number of carbonyl (C=O) groups is 1. The second kappa shape index (κ2) is 6.78. The van der Waals surface area contributed by atoms with Crippen molar-refractivity contribution < 1.29 is 4.79 Å². The molecule has 1 fully saturated rings. The van der Waals surface area contributed by atoms with Gasteiger partial charge in [-0.2, -0.15) is 0 Å². The zero-order valence-corrected chi connectivity index (χ0v) is 9.85. The van der Waals surface area contributed by atoms with Crippen molar-refractivity contribution in [3.8, 4) is 0 Å². The van der Waals surface area contributed by atoms with Crippen molar-refractivity contribution in [2.45, 2.75) is 45.4 Å². The van der Waals surface area contributed by atoms with Crippen molar-refractivity contribution in [3.63, 3.8) is 0 Å². The Kier molecular flexibility index (Phi) is 5.62. The van der Waals surface area contributed by atoms with Gasteiger partial charge in [0.25, 0.3) is 0 Å². The lowest BCUT2D eigenvalue weighted by Crippen LogP contribution is -2.29. The van der Waals surface area contributed by atoms with Crippen LogP contribution in [0.2, 0.25) is 0 Å². The van der Waals surface area contributed by atoms with E-state index < -0.39 is 0 Å². The molecular weight excluding hydrogens is 186 g/mol. The van der Waals surface area contributed by atoms with Crippen molar-refractivity contribution in [1.82, 2.24) is 5.32 Å². The van der Waals surface area contributed by atoms with Crippen molar-refractivity contribution in [1.29, 1.82) is 0 Å². The highest BCUT2D eigenvalue weighted by Crippen LogP contribution is 2.17. The average molecular weight is 209 g/mol. The molecule has 15 heavy (non-hydrogen) atoms. The largest absolute Gasteiger partial charge is 0.316 e. The van der Waals surface area contributed by atoms with Crippen LogP contribution in [-0.2, 0) is 4.79 Å². The molecule has 0 spiro atoms. The minimum atomic E-state index is 0.406. The summed E-state index contributed by atoms with van der Waals surface area (Å²) >= 11 is 0. The van der Waals surface area contributed by atoms with E-state index in [1.54, 1.807) is 0 Å². The molecule has 86 valence electrons. The number of hydrogen-bond acceptors (Lipinski definition) is 2. The summed E-state index contributed by atoms with van der Waals surface area (Å²) in [6, 6.07) is 0. The maximum Gasteiger partial charge on any atom is 0.133 e. The van der Waals surface area contributed by atoms with Crippen molar-refractivity contribution in [2.24, 2.45) is 5.92 Å². The first-order chi connectivity index (χ1) is 7.18. The lowest BCUT2D eigenvalue weighted by Gasteiger charge is -2.22. The van der Waals surface area contributed by atoms with Crippen LogP contribution in [0.3, 0.4) is 0 Å². The Morgan fingerprint density at radius 1 is 1.40 bits per heavy atom. The van der Waals surface area contributed by atoms with Crippen LogP contribution in [-0.4, -0.2) is 18.9 Å². The number of piperidine rings is 1. The van der Waals surface area contributed by atoms with Crippen LogP contribution in [0.4, 0.5) is 0 Å². The Labute approximate surface area is 93.1 Å². The molecule has 1 rings (SSSR count). The molecule has 1 N–H and O–H groups in total. The SMILES string of the molecule is C=C(C)CCC(=O)CCC1CCCNC1. The van der Waals surface area contributed by atoms with E-state index in [0.29, 0.717) is 12.2 Å². The molecule has 0 amide bonds. The lowest BCUT2D eigenvalue weighted by molar-refractivity contribution is -0.119. The zero-order chi connectivity index (χ0) is 11.1. The van der Waals surface area contributed by atoms with Gasteiger partial charge in [-0.3, -0.25) is 4.79 Å². The molecule has 0 aromatic rings. The number of nitrogens with one attached hydrogen (secondary N) is 1. The molecule has 1 heterocycles. The molecule has 0 bridgehead atoms. The Bertz CT molecular complexity index is 217. The Morgan fingerprint density at radius 2 is 2.20 bits per heavy atom. The van der Waals surface area contributed by atoms with Crippen LogP contribution in [0.5, 0.6) is 0 Å². The number of hydrogen-bond donors (Lipinski definition) is 1. The Hall–Kier alpha value is -0.630. The fourth-order valence-corrected chi connectivity index (χ4v) is 2.01. The summed E-state index contributed by atoms with van der Waals surface area (Å²) in [6.45, 7) is 8.06. The van der Waals surface area contributed by atoms with Gasteiger partial charge in [-0.15, -0.1) is 6.58 Å². The summed E-state index contributed by atoms with van der Waals surface area (Å²) in [5.74, 6) is 1.14. The van der Waals surface area contributed by atoms with E-state index in [1.807, 2.05) is 6.92 Å². The van der Waals surface area contributed by atoms with Crippen molar-refractivity contribution >= 4 is 5.78 Å². The third-order valence-corrected chi connectivity index (χ3v) is 3.06. The molecule has 1 saturated heterocycles. The summed E-state index contributed by atoms with van der Waals surface area (Å²) < 4.78 is 0. The highest BCUT2D eigenvalue weighted by Gasteiger charge is 2.14. The molecule has 0 aromatic carbocycles. The number of rotatable bonds is 6. The molecule has 1 aliphatic rings. The van der Waals surface area contributed by atoms with E-state index in [2.05, 4.69) is 11.9 Å². The van der Waals surface area contributed by atoms with Crippen LogP contribution in [0, 0.1) is 5.92 Å². The van der Waals surface area contributed by atoms with Gasteiger partial charge in [0.2, 0.25) is 0 Å². The third-order valence-electron chi connectivity index (χ3n) is 3.06. The first kappa shape index (κ1) is 12.4. The first-order valence-electron chi connectivity index (χ1n) is 6.05. The molecule has 0 radical (unpaired) electrons. The molecule has 1 unspecified atom stereocenters. The minimum absolute atomic E-state index is 0.406. The quantitative estimate of drug-likeness (QED) is 0.681. The van der Waals surface area contributed by atoms with Gasteiger partial charge >= 0.3 is 0 Å². The standard InChI is InChI=1S/C13H23NO/c1-11(2)5-7-13(15)8-6-12-4-3-9-14-10-12/h12,14H,1,3-10H2,2H3. The monoisotopic (exact) mass is 209 g/mol. The molecule has 0 aromatic heterocycles. The molecule has 2 nitrogen and oxygen atoms in total. The summed E-state index contributed by atoms with van der Waals surface area (Å²) in [6.07, 6.45) is 5.95. The molecule has 0 saturated carbocycles. The van der Waals surface area contributed by atoms with E-state index in [4.69, 9.17) is 0 Å². The highest BCUT2D eigenvalue weighted by atomic mass is 16.1. The van der Waals surface area contributed by atoms with E-state index >= 15 is 0 Å². The van der Waals surface area contributed by atoms with Gasteiger partial charge < -0.3 is 5.32 Å². The van der Waals surface area contributed by atoms with E-state index in [-0.39, 0.29) is 0 Å². The van der Waals surface area contributed by atoms with Gasteiger partial charge in [-0.1, -0.05) is 5.57 Å². The number of Topliss-reactive ketones (excluding diaryl/α,β-unsaturated/α-hetero) is 1. The number of allylic oxidation sites excluding steroid dienone is 1. The van der Waals surface area contributed by atoms with Gasteiger partial charge in [-0.05, 0) is 51.6 Å². The molecule has 2 heteroatoms. The summed E-state index contributed by atoms with van der Waals surface area (Å²) in [5.41, 5.74) is 1.11. The Balaban J connectivity index is 2.07. The smallest absolute Gasteiger partial charge is 0.133 e. The van der Waals surface area contributed by atoms with Crippen LogP contribution in [0.1, 0.15) is 45.4 Å². The van der Waals surface area contributed by atoms with Crippen molar-refractivity contribution in [2.75, 3.05) is 13.1 Å². The second-order valence-corrected chi connectivity index (χ2v) is 4.75. The molecular formula is C13H23NO. The van der Waals surface area contributed by atoms with Crippen LogP contribution >= 0.6 is 0 Å². The van der Waals surface area contributed by atoms with E-state index in [1.165, 1.54) is 12.8 Å². The maximum absolute atomic E-state index is 11.5. The normalized spacial score (nSPS) is 21.3. The fourth-order valence-electron chi connectivity index (χ4n) is 2.01. The Morgan fingerprint density at radius 3 is 2.80 bits per heavy atom. The first-order valence-corrected chi connectivity index (χ1v) is 6.05. The van der Waals surface area contributed by atoms with Gasteiger partial charge in [0.1, 0.15) is 5.78 Å². The maximum atomic E-state index is 11.5. The highest BCUT2D eigenvalue weighted by molar-refractivity contribution is 5.78. The molecule has 1 atom stereocenters. The molecule has 1 aliphatic heterocycles. The van der Waals surface area contributed by atoms with Crippen LogP contribution < -0.4 is 5.32 Å². The topological polar surface area (TPSA) is 29.1 Å². The number of ketones is 1. The third kappa shape index (κ3) is 5.73. The number of carbonyl (C=O) groups excluding carboxylic acids is 1. The lowest BCUT2D eigenvalue weighted by atomic mass is 9.93. The molecule has 0 aliphatic carbocycles. The fraction of sp³-hybridized carbons (Fsp3) is 0.769. The predicted molar refractivity (Wildman–Crippen MR) is 63.9 cm³/mol. The van der Waals surface area contributed by atoms with Gasteiger partial charge in [-0.25, -0.2) is 0 Å². The zero-order valence-electron chi connectivity index (χ0n) is 9.85. The second-order valence-electron chi connectivity index (χ2n) is 4.75. The summed E-state index contributed by atoms with van der Waals surface area (Å²) in [5, 5.41) is 3.38. The van der Waals surface area contributed by atoms with Crippen LogP contribution in [0.15, 0.2) is 12.2 Å². The van der Waals surface area contributed by atoms with Gasteiger partial charge in [0.05, 0.1) is 0 Å². The summed E-state index contributed by atoms with van der Waals surface area (Å²) in [7, 11) is 0. The minimum Gasteiger partial charge on any atom is -0.316 e. The van der Waals surface area contributed by atoms with Gasteiger partial charge in [0, 0.05) is 12.8 Å². The predicted octanol–water partition coefficient (Wildman–Crippen LogP) is 2.69. The van der Waals surface area contributed by atoms with Gasteiger partial charge in [0.15, 0.2) is 0 Å².